The molecule has 0 unspecified atom stereocenters. The Morgan fingerprint density at radius 3 is 2.82 bits per heavy atom. The molecule has 3 aromatic rings. The molecule has 0 bridgehead atoms. The first kappa shape index (κ1) is 22.6. The van der Waals surface area contributed by atoms with E-state index in [-0.39, 0.29) is 31.1 Å². The molecule has 2 fully saturated rings. The SMILES string of the molecule is CCOc1ccn2c([C@H]3CCC[C@@H](Nc4ncc(C(F)(F)F)c(OC5COC5)n4)C3)nnc2c1. The number of rotatable bonds is 7. The molecule has 4 heterocycles. The molecule has 9 nitrogen and oxygen atoms in total. The van der Waals surface area contributed by atoms with Crippen molar-refractivity contribution in [2.75, 3.05) is 25.1 Å². The predicted octanol–water partition coefficient (Wildman–Crippen LogP) is 3.85. The van der Waals surface area contributed by atoms with Gasteiger partial charge in [-0.2, -0.15) is 18.2 Å². The Kier molecular flexibility index (Phi) is 6.15. The standard InChI is InChI=1S/C22H25F3N6O3/c1-2-33-15-6-7-31-18(9-15)29-30-19(31)13-4-3-5-14(8-13)27-21-26-10-17(22(23,24)25)20(28-21)34-16-11-32-12-16/h6-7,9-10,13-14,16H,2-5,8,11-12H2,1H3,(H,26,27,28)/t13-,14+/m0/s1. The zero-order valence-corrected chi connectivity index (χ0v) is 18.6. The van der Waals surface area contributed by atoms with E-state index in [2.05, 4.69) is 25.5 Å². The third kappa shape index (κ3) is 4.72. The number of fused-ring (bicyclic) bond motifs is 1. The van der Waals surface area contributed by atoms with Gasteiger partial charge < -0.3 is 19.5 Å². The lowest BCUT2D eigenvalue weighted by atomic mass is 9.85. The second-order valence-electron chi connectivity index (χ2n) is 8.47. The monoisotopic (exact) mass is 478 g/mol. The van der Waals surface area contributed by atoms with Crippen LogP contribution < -0.4 is 14.8 Å². The van der Waals surface area contributed by atoms with Crippen LogP contribution in [0.15, 0.2) is 24.5 Å². The average Bonchev–Trinajstić information content (AvgIpc) is 3.19. The van der Waals surface area contributed by atoms with E-state index in [9.17, 15) is 13.2 Å². The van der Waals surface area contributed by atoms with Crippen molar-refractivity contribution in [1.29, 1.82) is 0 Å². The summed E-state index contributed by atoms with van der Waals surface area (Å²) in [6, 6.07) is 3.71. The number of alkyl halides is 3. The van der Waals surface area contributed by atoms with E-state index in [4.69, 9.17) is 14.2 Å². The van der Waals surface area contributed by atoms with Crippen LogP contribution in [-0.2, 0) is 10.9 Å². The molecule has 0 aromatic carbocycles. The molecule has 2 aliphatic rings. The van der Waals surface area contributed by atoms with Crippen LogP contribution in [0.3, 0.4) is 0 Å². The summed E-state index contributed by atoms with van der Waals surface area (Å²) in [5.41, 5.74) is -0.281. The maximum absolute atomic E-state index is 13.4. The lowest BCUT2D eigenvalue weighted by Gasteiger charge is -2.29. The van der Waals surface area contributed by atoms with E-state index < -0.39 is 23.7 Å². The van der Waals surface area contributed by atoms with Crippen LogP contribution in [0.4, 0.5) is 19.1 Å². The zero-order chi connectivity index (χ0) is 23.7. The molecule has 1 aliphatic heterocycles. The smallest absolute Gasteiger partial charge is 0.423 e. The molecule has 3 aromatic heterocycles. The van der Waals surface area contributed by atoms with E-state index in [1.165, 1.54) is 0 Å². The molecule has 0 radical (unpaired) electrons. The number of nitrogens with zero attached hydrogens (tertiary/aromatic N) is 5. The number of pyridine rings is 1. The van der Waals surface area contributed by atoms with Crippen molar-refractivity contribution in [3.63, 3.8) is 0 Å². The van der Waals surface area contributed by atoms with Crippen LogP contribution in [0.25, 0.3) is 5.65 Å². The van der Waals surface area contributed by atoms with E-state index in [1.54, 1.807) is 0 Å². The highest BCUT2D eigenvalue weighted by atomic mass is 19.4. The van der Waals surface area contributed by atoms with Crippen molar-refractivity contribution in [3.05, 3.63) is 35.9 Å². The Bertz CT molecular complexity index is 1150. The summed E-state index contributed by atoms with van der Waals surface area (Å²) < 4.78 is 58.0. The molecule has 0 spiro atoms. The number of aromatic nitrogens is 5. The number of hydrogen-bond donors (Lipinski definition) is 1. The van der Waals surface area contributed by atoms with Gasteiger partial charge in [0, 0.05) is 30.4 Å². The molecule has 182 valence electrons. The molecule has 1 N–H and O–H groups in total. The highest BCUT2D eigenvalue weighted by Crippen LogP contribution is 2.37. The second-order valence-corrected chi connectivity index (χ2v) is 8.47. The van der Waals surface area contributed by atoms with Gasteiger partial charge in [0.2, 0.25) is 11.8 Å². The predicted molar refractivity (Wildman–Crippen MR) is 115 cm³/mol. The topological polar surface area (TPSA) is 95.7 Å². The van der Waals surface area contributed by atoms with E-state index in [1.807, 2.05) is 29.7 Å². The number of anilines is 1. The van der Waals surface area contributed by atoms with E-state index >= 15 is 0 Å². The van der Waals surface area contributed by atoms with Crippen LogP contribution >= 0.6 is 0 Å². The summed E-state index contributed by atoms with van der Waals surface area (Å²) in [5, 5.41) is 11.9. The number of ether oxygens (including phenoxy) is 3. The van der Waals surface area contributed by atoms with E-state index in [0.29, 0.717) is 12.3 Å². The van der Waals surface area contributed by atoms with Crippen molar-refractivity contribution in [2.24, 2.45) is 0 Å². The number of hydrogen-bond acceptors (Lipinski definition) is 8. The molecule has 1 saturated carbocycles. The number of nitrogens with one attached hydrogen (secondary N) is 1. The minimum Gasteiger partial charge on any atom is -0.494 e. The minimum atomic E-state index is -4.61. The van der Waals surface area contributed by atoms with Crippen LogP contribution in [0.2, 0.25) is 0 Å². The van der Waals surface area contributed by atoms with Gasteiger partial charge in [-0.1, -0.05) is 6.42 Å². The van der Waals surface area contributed by atoms with Gasteiger partial charge in [-0.05, 0) is 32.3 Å². The first-order chi connectivity index (χ1) is 16.4. The minimum absolute atomic E-state index is 0.0228. The second kappa shape index (κ2) is 9.24. The number of halogens is 3. The van der Waals surface area contributed by atoms with Gasteiger partial charge in [0.1, 0.15) is 23.2 Å². The van der Waals surface area contributed by atoms with Crippen molar-refractivity contribution >= 4 is 11.6 Å². The third-order valence-corrected chi connectivity index (χ3v) is 6.04. The fraction of sp³-hybridized carbons (Fsp3) is 0.545. The van der Waals surface area contributed by atoms with Crippen LogP contribution in [-0.4, -0.2) is 56.5 Å². The summed E-state index contributed by atoms with van der Waals surface area (Å²) in [7, 11) is 0. The Labute approximate surface area is 193 Å². The van der Waals surface area contributed by atoms with Crippen molar-refractivity contribution < 1.29 is 27.4 Å². The van der Waals surface area contributed by atoms with Crippen molar-refractivity contribution in [1.82, 2.24) is 24.6 Å². The largest absolute Gasteiger partial charge is 0.494 e. The summed E-state index contributed by atoms with van der Waals surface area (Å²) in [4.78, 5) is 7.97. The fourth-order valence-corrected chi connectivity index (χ4v) is 4.32. The molecule has 1 saturated heterocycles. The third-order valence-electron chi connectivity index (χ3n) is 6.04. The Balaban J connectivity index is 1.32. The molecule has 1 aliphatic carbocycles. The summed E-state index contributed by atoms with van der Waals surface area (Å²) in [6.45, 7) is 2.98. The van der Waals surface area contributed by atoms with Crippen molar-refractivity contribution in [3.8, 4) is 11.6 Å². The lowest BCUT2D eigenvalue weighted by molar-refractivity contribution is -0.142. The van der Waals surface area contributed by atoms with Gasteiger partial charge in [-0.15, -0.1) is 10.2 Å². The molecule has 34 heavy (non-hydrogen) atoms. The highest BCUT2D eigenvalue weighted by molar-refractivity contribution is 5.44. The van der Waals surface area contributed by atoms with E-state index in [0.717, 1.165) is 43.5 Å². The maximum Gasteiger partial charge on any atom is 0.423 e. The molecular formula is C22H25F3N6O3. The molecule has 5 rings (SSSR count). The Morgan fingerprint density at radius 1 is 1.24 bits per heavy atom. The molecule has 0 amide bonds. The fourth-order valence-electron chi connectivity index (χ4n) is 4.32. The van der Waals surface area contributed by atoms with Gasteiger partial charge >= 0.3 is 6.18 Å². The van der Waals surface area contributed by atoms with Crippen molar-refractivity contribution in [2.45, 2.75) is 56.8 Å². The first-order valence-electron chi connectivity index (χ1n) is 11.3. The van der Waals surface area contributed by atoms with Crippen LogP contribution in [0, 0.1) is 0 Å². The maximum atomic E-state index is 13.4. The first-order valence-corrected chi connectivity index (χ1v) is 11.3. The zero-order valence-electron chi connectivity index (χ0n) is 18.6. The van der Waals surface area contributed by atoms with Gasteiger partial charge in [0.15, 0.2) is 5.65 Å². The Morgan fingerprint density at radius 2 is 2.09 bits per heavy atom. The van der Waals surface area contributed by atoms with Gasteiger partial charge in [0.05, 0.1) is 19.8 Å². The summed E-state index contributed by atoms with van der Waals surface area (Å²) in [5.74, 6) is 1.37. The van der Waals surface area contributed by atoms with Crippen LogP contribution in [0.5, 0.6) is 11.6 Å². The van der Waals surface area contributed by atoms with Gasteiger partial charge in [-0.3, -0.25) is 4.40 Å². The normalized spacial score (nSPS) is 21.3. The molecule has 2 atom stereocenters. The van der Waals surface area contributed by atoms with Gasteiger partial charge in [0.25, 0.3) is 0 Å². The van der Waals surface area contributed by atoms with Gasteiger partial charge in [-0.25, -0.2) is 4.98 Å². The molecule has 12 heteroatoms. The quantitative estimate of drug-likeness (QED) is 0.547. The molecular weight excluding hydrogens is 453 g/mol. The van der Waals surface area contributed by atoms with Crippen LogP contribution in [0.1, 0.15) is 49.9 Å². The Hall–Kier alpha value is -3.15. The highest BCUT2D eigenvalue weighted by Gasteiger charge is 2.38. The summed E-state index contributed by atoms with van der Waals surface area (Å²) in [6.07, 6.45) is 1.07. The average molecular weight is 478 g/mol. The summed E-state index contributed by atoms with van der Waals surface area (Å²) >= 11 is 0. The lowest BCUT2D eigenvalue weighted by Crippen LogP contribution is -2.39.